The number of nitrogens with one attached hydrogen (secondary N) is 2. The van der Waals surface area contributed by atoms with Crippen molar-refractivity contribution in [1.82, 2.24) is 35.2 Å². The van der Waals surface area contributed by atoms with E-state index in [4.69, 9.17) is 4.99 Å². The van der Waals surface area contributed by atoms with E-state index < -0.39 is 0 Å². The number of piperazine rings is 1. The molecule has 1 saturated heterocycles. The second-order valence-electron chi connectivity index (χ2n) is 7.28. The number of aliphatic imine (C=N–C) groups is 1. The predicted octanol–water partition coefficient (Wildman–Crippen LogP) is 1.29. The van der Waals surface area contributed by atoms with Gasteiger partial charge in [0.15, 0.2) is 5.96 Å². The van der Waals surface area contributed by atoms with Crippen LogP contribution in [0.1, 0.15) is 33.5 Å². The van der Waals surface area contributed by atoms with Crippen molar-refractivity contribution in [3.8, 4) is 0 Å². The maximum absolute atomic E-state index is 4.79. The van der Waals surface area contributed by atoms with Crippen molar-refractivity contribution in [1.29, 1.82) is 0 Å². The molecule has 9 heteroatoms. The first-order chi connectivity index (χ1) is 13.2. The van der Waals surface area contributed by atoms with Crippen LogP contribution in [0.3, 0.4) is 0 Å². The van der Waals surface area contributed by atoms with E-state index in [9.17, 15) is 0 Å². The number of hydrogen-bond acceptors (Lipinski definition) is 5. The van der Waals surface area contributed by atoms with Gasteiger partial charge < -0.3 is 25.0 Å². The van der Waals surface area contributed by atoms with Crippen molar-refractivity contribution in [3.63, 3.8) is 0 Å². The number of hydrogen-bond donors (Lipinski definition) is 2. The number of aryl methyl sites for hydroxylation is 1. The summed E-state index contributed by atoms with van der Waals surface area (Å²) in [5.74, 6) is 2.47. The van der Waals surface area contributed by atoms with Crippen molar-refractivity contribution < 1.29 is 0 Å². The molecule has 1 aliphatic rings. The molecule has 0 saturated carbocycles. The van der Waals surface area contributed by atoms with Gasteiger partial charge in [0.2, 0.25) is 0 Å². The lowest BCUT2D eigenvalue weighted by Crippen LogP contribution is -2.47. The van der Waals surface area contributed by atoms with Crippen molar-refractivity contribution in [3.05, 3.63) is 12.2 Å². The van der Waals surface area contributed by atoms with Crippen LogP contribution in [0.2, 0.25) is 0 Å². The van der Waals surface area contributed by atoms with E-state index in [0.29, 0.717) is 5.92 Å². The van der Waals surface area contributed by atoms with E-state index >= 15 is 0 Å². The number of halogens is 1. The minimum absolute atomic E-state index is 0. The van der Waals surface area contributed by atoms with E-state index in [0.717, 1.165) is 50.9 Å². The fraction of sp³-hybridized carbons (Fsp3) is 0.842. The van der Waals surface area contributed by atoms with Crippen LogP contribution in [-0.4, -0.2) is 89.4 Å². The minimum atomic E-state index is 0. The molecular formula is C19H39IN8. The Morgan fingerprint density at radius 1 is 1.14 bits per heavy atom. The van der Waals surface area contributed by atoms with E-state index in [1.54, 1.807) is 6.33 Å². The Hall–Kier alpha value is -0.940. The first kappa shape index (κ1) is 25.1. The standard InChI is InChI=1S/C19H38N8.HI/c1-5-18-24-23-16-27(18)9-8-21-19(20-6-2)22-14-17(4)15-26-12-10-25(7-3)11-13-26;/h16-17H,5-15H2,1-4H3,(H2,20,21,22);1H. The van der Waals surface area contributed by atoms with E-state index in [1.807, 2.05) is 0 Å². The fourth-order valence-corrected chi connectivity index (χ4v) is 3.41. The number of likely N-dealkylation sites (N-methyl/N-ethyl adjacent to an activating group) is 1. The summed E-state index contributed by atoms with van der Waals surface area (Å²) in [6.45, 7) is 19.1. The number of guanidine groups is 1. The van der Waals surface area contributed by atoms with Gasteiger partial charge in [-0.2, -0.15) is 0 Å². The fourth-order valence-electron chi connectivity index (χ4n) is 3.41. The predicted molar refractivity (Wildman–Crippen MR) is 127 cm³/mol. The third-order valence-corrected chi connectivity index (χ3v) is 5.04. The molecule has 0 spiro atoms. The lowest BCUT2D eigenvalue weighted by Gasteiger charge is -2.35. The normalized spacial score (nSPS) is 17.2. The van der Waals surface area contributed by atoms with Gasteiger partial charge in [0.1, 0.15) is 12.2 Å². The van der Waals surface area contributed by atoms with Crippen LogP contribution in [0.25, 0.3) is 0 Å². The van der Waals surface area contributed by atoms with E-state index in [2.05, 4.69) is 62.9 Å². The van der Waals surface area contributed by atoms with Gasteiger partial charge in [-0.1, -0.05) is 20.8 Å². The molecule has 2 heterocycles. The molecule has 1 aromatic heterocycles. The van der Waals surface area contributed by atoms with Gasteiger partial charge >= 0.3 is 0 Å². The summed E-state index contributed by atoms with van der Waals surface area (Å²) in [6.07, 6.45) is 2.70. The number of aromatic nitrogens is 3. The van der Waals surface area contributed by atoms with Crippen LogP contribution in [0.5, 0.6) is 0 Å². The lowest BCUT2D eigenvalue weighted by molar-refractivity contribution is 0.125. The molecule has 0 radical (unpaired) electrons. The average molecular weight is 506 g/mol. The summed E-state index contributed by atoms with van der Waals surface area (Å²) in [7, 11) is 0. The van der Waals surface area contributed by atoms with Crippen molar-refractivity contribution >= 4 is 29.9 Å². The van der Waals surface area contributed by atoms with Crippen molar-refractivity contribution in [2.75, 3.05) is 58.9 Å². The molecule has 1 aromatic rings. The van der Waals surface area contributed by atoms with Crippen molar-refractivity contribution in [2.45, 2.75) is 40.7 Å². The van der Waals surface area contributed by atoms with Gasteiger partial charge in [-0.05, 0) is 19.4 Å². The van der Waals surface area contributed by atoms with Crippen LogP contribution in [0.15, 0.2) is 11.3 Å². The average Bonchev–Trinajstić information content (AvgIpc) is 3.14. The molecule has 1 fully saturated rings. The van der Waals surface area contributed by atoms with Crippen LogP contribution in [0.4, 0.5) is 0 Å². The topological polar surface area (TPSA) is 73.6 Å². The summed E-state index contributed by atoms with van der Waals surface area (Å²) >= 11 is 0. The molecule has 2 N–H and O–H groups in total. The third kappa shape index (κ3) is 8.60. The molecule has 0 aliphatic carbocycles. The molecule has 2 rings (SSSR count). The molecule has 0 bridgehead atoms. The molecule has 0 amide bonds. The van der Waals surface area contributed by atoms with Gasteiger partial charge in [0.05, 0.1) is 0 Å². The Balaban J connectivity index is 0.00000392. The molecule has 1 atom stereocenters. The lowest BCUT2D eigenvalue weighted by atomic mass is 10.1. The second-order valence-corrected chi connectivity index (χ2v) is 7.28. The van der Waals surface area contributed by atoms with Gasteiger partial charge in [0.25, 0.3) is 0 Å². The molecule has 8 nitrogen and oxygen atoms in total. The van der Waals surface area contributed by atoms with E-state index in [-0.39, 0.29) is 24.0 Å². The monoisotopic (exact) mass is 506 g/mol. The van der Waals surface area contributed by atoms with Crippen LogP contribution < -0.4 is 10.6 Å². The summed E-state index contributed by atoms with van der Waals surface area (Å²) in [6, 6.07) is 0. The minimum Gasteiger partial charge on any atom is -0.357 e. The van der Waals surface area contributed by atoms with Gasteiger partial charge in [-0.3, -0.25) is 4.99 Å². The quantitative estimate of drug-likeness (QED) is 0.283. The van der Waals surface area contributed by atoms with Crippen LogP contribution in [0, 0.1) is 5.92 Å². The summed E-state index contributed by atoms with van der Waals surface area (Å²) in [5, 5.41) is 14.9. The Kier molecular flexibility index (Phi) is 12.6. The van der Waals surface area contributed by atoms with Crippen molar-refractivity contribution in [2.24, 2.45) is 10.9 Å². The third-order valence-electron chi connectivity index (χ3n) is 5.04. The summed E-state index contributed by atoms with van der Waals surface area (Å²) in [5.41, 5.74) is 0. The maximum Gasteiger partial charge on any atom is 0.191 e. The Morgan fingerprint density at radius 3 is 2.50 bits per heavy atom. The van der Waals surface area contributed by atoms with Crippen LogP contribution in [-0.2, 0) is 13.0 Å². The highest BCUT2D eigenvalue weighted by Crippen LogP contribution is 2.06. The first-order valence-electron chi connectivity index (χ1n) is 10.5. The largest absolute Gasteiger partial charge is 0.357 e. The van der Waals surface area contributed by atoms with E-state index in [1.165, 1.54) is 32.7 Å². The van der Waals surface area contributed by atoms with Gasteiger partial charge in [-0.25, -0.2) is 0 Å². The molecule has 1 unspecified atom stereocenters. The molecule has 1 aliphatic heterocycles. The molecular weight excluding hydrogens is 467 g/mol. The molecule has 162 valence electrons. The molecule has 28 heavy (non-hydrogen) atoms. The number of nitrogens with zero attached hydrogens (tertiary/aromatic N) is 6. The Morgan fingerprint density at radius 2 is 1.86 bits per heavy atom. The Labute approximate surface area is 187 Å². The zero-order valence-corrected chi connectivity index (χ0v) is 20.4. The highest BCUT2D eigenvalue weighted by Gasteiger charge is 2.17. The Bertz CT molecular complexity index is 554. The zero-order valence-electron chi connectivity index (χ0n) is 18.0. The summed E-state index contributed by atoms with van der Waals surface area (Å²) < 4.78 is 2.09. The zero-order chi connectivity index (χ0) is 19.5. The van der Waals surface area contributed by atoms with Crippen LogP contribution >= 0.6 is 24.0 Å². The SMILES string of the molecule is CCNC(=NCC(C)CN1CCN(CC)CC1)NCCn1cnnc1CC.I. The van der Waals surface area contributed by atoms with Gasteiger partial charge in [-0.15, -0.1) is 34.2 Å². The highest BCUT2D eigenvalue weighted by atomic mass is 127. The summed E-state index contributed by atoms with van der Waals surface area (Å²) in [4.78, 5) is 9.88. The second kappa shape index (κ2) is 14.1. The highest BCUT2D eigenvalue weighted by molar-refractivity contribution is 14.0. The van der Waals surface area contributed by atoms with Gasteiger partial charge in [0, 0.05) is 65.3 Å². The molecule has 0 aromatic carbocycles. The maximum atomic E-state index is 4.79. The number of rotatable bonds is 10. The first-order valence-corrected chi connectivity index (χ1v) is 10.5. The smallest absolute Gasteiger partial charge is 0.191 e.